The van der Waals surface area contributed by atoms with Crippen molar-refractivity contribution in [3.05, 3.63) is 69.8 Å². The lowest BCUT2D eigenvalue weighted by molar-refractivity contribution is -0.573. The average Bonchev–Trinajstić information content (AvgIpc) is 2.84. The van der Waals surface area contributed by atoms with Crippen LogP contribution in [0.5, 0.6) is 0 Å². The first-order valence-corrected chi connectivity index (χ1v) is 9.21. The molecule has 0 spiro atoms. The molecule has 1 atom stereocenters. The summed E-state index contributed by atoms with van der Waals surface area (Å²) in [5.74, 6) is 0. The lowest BCUT2D eigenvalue weighted by atomic mass is 9.99. The van der Waals surface area contributed by atoms with Gasteiger partial charge in [0.25, 0.3) is 5.54 Å². The van der Waals surface area contributed by atoms with E-state index in [1.54, 1.807) is 0 Å². The summed E-state index contributed by atoms with van der Waals surface area (Å²) >= 11 is 0. The van der Waals surface area contributed by atoms with E-state index >= 15 is 0 Å². The van der Waals surface area contributed by atoms with Crippen molar-refractivity contribution in [3.8, 4) is 0 Å². The highest BCUT2D eigenvalue weighted by Gasteiger charge is 2.47. The highest BCUT2D eigenvalue weighted by Crippen LogP contribution is 2.21. The summed E-state index contributed by atoms with van der Waals surface area (Å²) in [4.78, 5) is 15.8. The number of nitro groups is 1. The van der Waals surface area contributed by atoms with Gasteiger partial charge in [-0.05, 0) is 24.0 Å². The minimum atomic E-state index is -1.34. The number of hydrogen-bond acceptors (Lipinski definition) is 5. The van der Waals surface area contributed by atoms with Gasteiger partial charge in [0.1, 0.15) is 6.61 Å². The van der Waals surface area contributed by atoms with Gasteiger partial charge in [0.05, 0.1) is 13.1 Å². The van der Waals surface area contributed by atoms with Crippen LogP contribution in [-0.4, -0.2) is 64.7 Å². The van der Waals surface area contributed by atoms with Crippen molar-refractivity contribution < 1.29 is 10.0 Å². The molecule has 3 rings (SSSR count). The Hall–Kier alpha value is -2.02. The van der Waals surface area contributed by atoms with E-state index in [2.05, 4.69) is 28.0 Å². The fourth-order valence-corrected chi connectivity index (χ4v) is 3.75. The summed E-state index contributed by atoms with van der Waals surface area (Å²) in [5.41, 5.74) is 1.00. The van der Waals surface area contributed by atoms with Gasteiger partial charge in [-0.1, -0.05) is 48.6 Å². The van der Waals surface area contributed by atoms with Gasteiger partial charge in [-0.25, -0.2) is 0 Å². The molecule has 0 radical (unpaired) electrons. The maximum Gasteiger partial charge on any atom is 0.269 e. The van der Waals surface area contributed by atoms with Crippen LogP contribution < -0.4 is 0 Å². The maximum absolute atomic E-state index is 11.9. The molecular weight excluding hydrogens is 330 g/mol. The predicted molar refractivity (Wildman–Crippen MR) is 101 cm³/mol. The van der Waals surface area contributed by atoms with Gasteiger partial charge in [0.2, 0.25) is 0 Å². The molecule has 2 aliphatic rings. The molecule has 1 aliphatic carbocycles. The van der Waals surface area contributed by atoms with Crippen LogP contribution in [-0.2, 0) is 6.54 Å². The van der Waals surface area contributed by atoms with E-state index in [0.29, 0.717) is 13.1 Å². The molecule has 1 fully saturated rings. The van der Waals surface area contributed by atoms with Crippen molar-refractivity contribution in [2.75, 3.05) is 39.3 Å². The standard InChI is InChI=1S/C20H27N3O3/c24-17-20(23(25)26)15-21(13-18-7-3-1-4-8-18)11-12-22(16-20)14-19-9-5-2-6-10-19/h1,3-5,7-10,24H,2,6,11-17H2. The molecule has 1 aliphatic heterocycles. The van der Waals surface area contributed by atoms with Gasteiger partial charge in [-0.2, -0.15) is 0 Å². The van der Waals surface area contributed by atoms with Crippen molar-refractivity contribution in [2.45, 2.75) is 24.9 Å². The smallest absolute Gasteiger partial charge is 0.269 e. The van der Waals surface area contributed by atoms with Crippen LogP contribution in [0.15, 0.2) is 54.1 Å². The third-order valence-corrected chi connectivity index (χ3v) is 5.18. The van der Waals surface area contributed by atoms with E-state index in [-0.39, 0.29) is 18.0 Å². The fourth-order valence-electron chi connectivity index (χ4n) is 3.75. The molecule has 140 valence electrons. The van der Waals surface area contributed by atoms with E-state index in [1.807, 2.05) is 30.3 Å². The average molecular weight is 357 g/mol. The van der Waals surface area contributed by atoms with Gasteiger partial charge in [0.15, 0.2) is 0 Å². The van der Waals surface area contributed by atoms with Crippen molar-refractivity contribution in [1.29, 1.82) is 0 Å². The number of aliphatic hydroxyl groups is 1. The number of benzene rings is 1. The van der Waals surface area contributed by atoms with Gasteiger partial charge in [0, 0.05) is 31.1 Å². The molecule has 1 heterocycles. The monoisotopic (exact) mass is 357 g/mol. The first-order valence-electron chi connectivity index (χ1n) is 9.21. The van der Waals surface area contributed by atoms with Crippen LogP contribution in [0.3, 0.4) is 0 Å². The van der Waals surface area contributed by atoms with Crippen molar-refractivity contribution >= 4 is 0 Å². The van der Waals surface area contributed by atoms with Crippen LogP contribution >= 0.6 is 0 Å². The highest BCUT2D eigenvalue weighted by molar-refractivity contribution is 5.24. The van der Waals surface area contributed by atoms with Crippen molar-refractivity contribution in [3.63, 3.8) is 0 Å². The highest BCUT2D eigenvalue weighted by atomic mass is 16.6. The Balaban J connectivity index is 1.76. The van der Waals surface area contributed by atoms with E-state index in [1.165, 1.54) is 5.57 Å². The topological polar surface area (TPSA) is 69.8 Å². The SMILES string of the molecule is O=[N+]([O-])C1(CO)CN(CC2=CCCC=C2)CCN(Cc2ccccc2)C1. The minimum absolute atomic E-state index is 0.261. The molecule has 26 heavy (non-hydrogen) atoms. The number of aliphatic hydroxyl groups excluding tert-OH is 1. The molecule has 1 aromatic rings. The van der Waals surface area contributed by atoms with Crippen LogP contribution in [0.2, 0.25) is 0 Å². The molecule has 0 saturated carbocycles. The number of allylic oxidation sites excluding steroid dienone is 2. The molecule has 1 aromatic carbocycles. The Kier molecular flexibility index (Phi) is 6.19. The van der Waals surface area contributed by atoms with Gasteiger partial charge >= 0.3 is 0 Å². The number of nitrogens with zero attached hydrogens (tertiary/aromatic N) is 3. The molecule has 0 bridgehead atoms. The maximum atomic E-state index is 11.9. The molecule has 0 aromatic heterocycles. The van der Waals surface area contributed by atoms with Crippen LogP contribution in [0.1, 0.15) is 18.4 Å². The third-order valence-electron chi connectivity index (χ3n) is 5.18. The van der Waals surface area contributed by atoms with Crippen LogP contribution in [0.4, 0.5) is 0 Å². The second kappa shape index (κ2) is 8.58. The zero-order chi connectivity index (χ0) is 18.4. The number of hydrogen-bond donors (Lipinski definition) is 1. The minimum Gasteiger partial charge on any atom is -0.389 e. The second-order valence-electron chi connectivity index (χ2n) is 7.31. The zero-order valence-corrected chi connectivity index (χ0v) is 15.1. The molecule has 0 amide bonds. The Morgan fingerprint density at radius 2 is 1.77 bits per heavy atom. The predicted octanol–water partition coefficient (Wildman–Crippen LogP) is 2.09. The van der Waals surface area contributed by atoms with E-state index in [9.17, 15) is 15.2 Å². The number of rotatable bonds is 6. The van der Waals surface area contributed by atoms with Gasteiger partial charge in [-0.3, -0.25) is 19.9 Å². The Morgan fingerprint density at radius 1 is 1.08 bits per heavy atom. The molecule has 1 unspecified atom stereocenters. The molecule has 6 heteroatoms. The Morgan fingerprint density at radius 3 is 2.35 bits per heavy atom. The molecule has 6 nitrogen and oxygen atoms in total. The zero-order valence-electron chi connectivity index (χ0n) is 15.1. The summed E-state index contributed by atoms with van der Waals surface area (Å²) in [6.45, 7) is 2.95. The summed E-state index contributed by atoms with van der Waals surface area (Å²) < 4.78 is 0. The van der Waals surface area contributed by atoms with E-state index < -0.39 is 12.1 Å². The largest absolute Gasteiger partial charge is 0.389 e. The van der Waals surface area contributed by atoms with Gasteiger partial charge < -0.3 is 5.11 Å². The summed E-state index contributed by atoms with van der Waals surface area (Å²) in [6.07, 6.45) is 8.56. The quantitative estimate of drug-likeness (QED) is 0.624. The molecule has 1 N–H and O–H groups in total. The molecule has 1 saturated heterocycles. The second-order valence-corrected chi connectivity index (χ2v) is 7.31. The first-order chi connectivity index (χ1) is 12.6. The third kappa shape index (κ3) is 4.58. The fraction of sp³-hybridized carbons (Fsp3) is 0.500. The summed E-state index contributed by atoms with van der Waals surface area (Å²) in [5, 5.41) is 21.8. The van der Waals surface area contributed by atoms with E-state index in [0.717, 1.165) is 31.5 Å². The Labute approximate surface area is 154 Å². The normalized spacial score (nSPS) is 24.9. The van der Waals surface area contributed by atoms with Crippen LogP contribution in [0.25, 0.3) is 0 Å². The lowest BCUT2D eigenvalue weighted by Crippen LogP contribution is -2.55. The van der Waals surface area contributed by atoms with E-state index in [4.69, 9.17) is 0 Å². The lowest BCUT2D eigenvalue weighted by Gasteiger charge is -2.29. The van der Waals surface area contributed by atoms with Crippen LogP contribution in [0, 0.1) is 10.1 Å². The summed E-state index contributed by atoms with van der Waals surface area (Å²) in [6, 6.07) is 10.00. The van der Waals surface area contributed by atoms with Crippen molar-refractivity contribution in [1.82, 2.24) is 9.80 Å². The van der Waals surface area contributed by atoms with Gasteiger partial charge in [-0.15, -0.1) is 0 Å². The summed E-state index contributed by atoms with van der Waals surface area (Å²) in [7, 11) is 0. The van der Waals surface area contributed by atoms with Crippen molar-refractivity contribution in [2.24, 2.45) is 0 Å². The first kappa shape index (κ1) is 18.8. The molecular formula is C20H27N3O3. The Bertz CT molecular complexity index is 674.